The number of nitrogens with one attached hydrogen (secondary N) is 1. The molecular formula is C23H24N2O5. The molecule has 7 heteroatoms. The smallest absolute Gasteiger partial charge is 0.330 e. The number of esters is 1. The molecule has 2 aromatic rings. The minimum absolute atomic E-state index is 0.261. The summed E-state index contributed by atoms with van der Waals surface area (Å²) in [5, 5.41) is 2.70. The molecule has 0 fully saturated rings. The molecule has 156 valence electrons. The van der Waals surface area contributed by atoms with Crippen molar-refractivity contribution in [3.05, 3.63) is 70.8 Å². The van der Waals surface area contributed by atoms with Gasteiger partial charge in [-0.2, -0.15) is 0 Å². The van der Waals surface area contributed by atoms with Crippen molar-refractivity contribution in [2.24, 2.45) is 5.92 Å². The number of fused-ring (bicyclic) bond motifs is 1. The number of nitrogens with zero attached hydrogens (tertiary/aromatic N) is 1. The van der Waals surface area contributed by atoms with E-state index >= 15 is 0 Å². The van der Waals surface area contributed by atoms with Gasteiger partial charge >= 0.3 is 5.97 Å². The van der Waals surface area contributed by atoms with Gasteiger partial charge in [0, 0.05) is 6.54 Å². The van der Waals surface area contributed by atoms with Gasteiger partial charge in [0.05, 0.1) is 11.1 Å². The molecule has 1 N–H and O–H groups in total. The SMILES string of the molecule is Cc1ccccc1CNC(=O)COC(=O)[C@@H](C(C)C)N1C(=O)c2ccccc2C1=O. The number of benzene rings is 2. The van der Waals surface area contributed by atoms with Gasteiger partial charge in [-0.1, -0.05) is 50.2 Å². The summed E-state index contributed by atoms with van der Waals surface area (Å²) < 4.78 is 5.16. The van der Waals surface area contributed by atoms with E-state index in [2.05, 4.69) is 5.32 Å². The van der Waals surface area contributed by atoms with Crippen molar-refractivity contribution < 1.29 is 23.9 Å². The first kappa shape index (κ1) is 21.2. The Balaban J connectivity index is 1.63. The third-order valence-corrected chi connectivity index (χ3v) is 5.06. The second kappa shape index (κ2) is 8.90. The normalized spacial score (nSPS) is 13.9. The number of imide groups is 1. The van der Waals surface area contributed by atoms with E-state index in [0.29, 0.717) is 6.54 Å². The van der Waals surface area contributed by atoms with Crippen LogP contribution in [0.1, 0.15) is 45.7 Å². The summed E-state index contributed by atoms with van der Waals surface area (Å²) in [7, 11) is 0. The molecule has 7 nitrogen and oxygen atoms in total. The molecule has 0 bridgehead atoms. The van der Waals surface area contributed by atoms with Gasteiger partial charge in [0.25, 0.3) is 17.7 Å². The third kappa shape index (κ3) is 4.25. The van der Waals surface area contributed by atoms with Gasteiger partial charge in [-0.25, -0.2) is 4.79 Å². The maximum Gasteiger partial charge on any atom is 0.330 e. The van der Waals surface area contributed by atoms with Crippen molar-refractivity contribution in [3.8, 4) is 0 Å². The molecule has 0 aromatic heterocycles. The van der Waals surface area contributed by atoms with Crippen molar-refractivity contribution in [3.63, 3.8) is 0 Å². The highest BCUT2D eigenvalue weighted by atomic mass is 16.5. The van der Waals surface area contributed by atoms with Crippen LogP contribution in [0.15, 0.2) is 48.5 Å². The predicted molar refractivity (Wildman–Crippen MR) is 110 cm³/mol. The molecule has 3 amide bonds. The highest BCUT2D eigenvalue weighted by molar-refractivity contribution is 6.22. The van der Waals surface area contributed by atoms with Crippen LogP contribution in [0.4, 0.5) is 0 Å². The van der Waals surface area contributed by atoms with Gasteiger partial charge in [-0.05, 0) is 36.1 Å². The number of carbonyl (C=O) groups is 4. The quantitative estimate of drug-likeness (QED) is 0.561. The number of carbonyl (C=O) groups excluding carboxylic acids is 4. The molecule has 2 aromatic carbocycles. The molecule has 0 unspecified atom stereocenters. The standard InChI is InChI=1S/C23H24N2O5/c1-14(2)20(25-21(27)17-10-6-7-11-18(17)22(25)28)23(29)30-13-19(26)24-12-16-9-5-4-8-15(16)3/h4-11,14,20H,12-13H2,1-3H3,(H,24,26)/t20-/m1/s1. The number of amides is 3. The van der Waals surface area contributed by atoms with Gasteiger partial charge in [0.1, 0.15) is 6.04 Å². The third-order valence-electron chi connectivity index (χ3n) is 5.06. The summed E-state index contributed by atoms with van der Waals surface area (Å²) in [6, 6.07) is 13.0. The summed E-state index contributed by atoms with van der Waals surface area (Å²) in [5.41, 5.74) is 2.53. The van der Waals surface area contributed by atoms with Gasteiger partial charge in [0.15, 0.2) is 6.61 Å². The van der Waals surface area contributed by atoms with Crippen LogP contribution in [0.2, 0.25) is 0 Å². The molecule has 0 aliphatic carbocycles. The van der Waals surface area contributed by atoms with Crippen molar-refractivity contribution >= 4 is 23.7 Å². The zero-order valence-electron chi connectivity index (χ0n) is 17.2. The summed E-state index contributed by atoms with van der Waals surface area (Å²) in [6.07, 6.45) is 0. The van der Waals surface area contributed by atoms with Gasteiger partial charge in [0.2, 0.25) is 0 Å². The fourth-order valence-corrected chi connectivity index (χ4v) is 3.41. The summed E-state index contributed by atoms with van der Waals surface area (Å²) in [5.74, 6) is -2.69. The van der Waals surface area contributed by atoms with E-state index < -0.39 is 36.3 Å². The highest BCUT2D eigenvalue weighted by Crippen LogP contribution is 2.27. The number of ether oxygens (including phenoxy) is 1. The zero-order chi connectivity index (χ0) is 21.8. The van der Waals surface area contributed by atoms with Gasteiger partial charge in [-0.3, -0.25) is 19.3 Å². The Bertz CT molecular complexity index is 964. The number of rotatable bonds is 7. The van der Waals surface area contributed by atoms with Crippen LogP contribution in [0.3, 0.4) is 0 Å². The average Bonchev–Trinajstić information content (AvgIpc) is 2.97. The Hall–Kier alpha value is -3.48. The summed E-state index contributed by atoms with van der Waals surface area (Å²) in [6.45, 7) is 5.20. The monoisotopic (exact) mass is 408 g/mol. The fourth-order valence-electron chi connectivity index (χ4n) is 3.41. The highest BCUT2D eigenvalue weighted by Gasteiger charge is 2.44. The first-order valence-corrected chi connectivity index (χ1v) is 9.76. The summed E-state index contributed by atoms with van der Waals surface area (Å²) >= 11 is 0. The van der Waals surface area contributed by atoms with Crippen LogP contribution < -0.4 is 5.32 Å². The molecule has 3 rings (SSSR count). The lowest BCUT2D eigenvalue weighted by atomic mass is 10.0. The van der Waals surface area contributed by atoms with Crippen LogP contribution in [0.25, 0.3) is 0 Å². The number of hydrogen-bond acceptors (Lipinski definition) is 5. The zero-order valence-corrected chi connectivity index (χ0v) is 17.2. The van der Waals surface area contributed by atoms with Crippen LogP contribution in [-0.2, 0) is 20.9 Å². The molecule has 1 aliphatic rings. The first-order chi connectivity index (χ1) is 14.3. The van der Waals surface area contributed by atoms with Crippen LogP contribution in [0.5, 0.6) is 0 Å². The molecule has 0 radical (unpaired) electrons. The fraction of sp³-hybridized carbons (Fsp3) is 0.304. The van der Waals surface area contributed by atoms with Crippen molar-refractivity contribution in [2.75, 3.05) is 6.61 Å². The molecule has 1 atom stereocenters. The molecule has 30 heavy (non-hydrogen) atoms. The largest absolute Gasteiger partial charge is 0.454 e. The minimum Gasteiger partial charge on any atom is -0.454 e. The first-order valence-electron chi connectivity index (χ1n) is 9.76. The molecule has 0 saturated heterocycles. The van der Waals surface area contributed by atoms with Crippen LogP contribution >= 0.6 is 0 Å². The number of hydrogen-bond donors (Lipinski definition) is 1. The molecule has 0 spiro atoms. The van der Waals surface area contributed by atoms with E-state index in [4.69, 9.17) is 4.74 Å². The molecular weight excluding hydrogens is 384 g/mol. The average molecular weight is 408 g/mol. The van der Waals surface area contributed by atoms with Crippen LogP contribution in [-0.4, -0.2) is 41.2 Å². The minimum atomic E-state index is -1.11. The topological polar surface area (TPSA) is 92.8 Å². The Morgan fingerprint density at radius 2 is 1.53 bits per heavy atom. The second-order valence-corrected chi connectivity index (χ2v) is 7.53. The van der Waals surface area contributed by atoms with Crippen molar-refractivity contribution in [1.29, 1.82) is 0 Å². The predicted octanol–water partition coefficient (Wildman–Crippen LogP) is 2.48. The van der Waals surface area contributed by atoms with E-state index in [-0.39, 0.29) is 17.0 Å². The van der Waals surface area contributed by atoms with Crippen molar-refractivity contribution in [1.82, 2.24) is 10.2 Å². The maximum atomic E-state index is 12.7. The van der Waals surface area contributed by atoms with E-state index in [1.165, 1.54) is 0 Å². The maximum absolute atomic E-state index is 12.7. The van der Waals surface area contributed by atoms with E-state index in [1.54, 1.807) is 38.1 Å². The Morgan fingerprint density at radius 3 is 2.10 bits per heavy atom. The summed E-state index contributed by atoms with van der Waals surface area (Å²) in [4.78, 5) is 51.2. The molecule has 1 aliphatic heterocycles. The van der Waals surface area contributed by atoms with Crippen molar-refractivity contribution in [2.45, 2.75) is 33.4 Å². The van der Waals surface area contributed by atoms with Gasteiger partial charge < -0.3 is 10.1 Å². The van der Waals surface area contributed by atoms with E-state index in [0.717, 1.165) is 16.0 Å². The number of aryl methyl sites for hydroxylation is 1. The Morgan fingerprint density at radius 1 is 0.967 bits per heavy atom. The lowest BCUT2D eigenvalue weighted by Gasteiger charge is -2.27. The van der Waals surface area contributed by atoms with E-state index in [9.17, 15) is 19.2 Å². The van der Waals surface area contributed by atoms with E-state index in [1.807, 2.05) is 31.2 Å². The van der Waals surface area contributed by atoms with Crippen LogP contribution in [0, 0.1) is 12.8 Å². The Kier molecular flexibility index (Phi) is 6.30. The van der Waals surface area contributed by atoms with Gasteiger partial charge in [-0.15, -0.1) is 0 Å². The second-order valence-electron chi connectivity index (χ2n) is 7.53. The lowest BCUT2D eigenvalue weighted by Crippen LogP contribution is -2.49. The molecule has 0 saturated carbocycles. The Labute approximate surface area is 175 Å². The lowest BCUT2D eigenvalue weighted by molar-refractivity contribution is -0.153. The molecule has 1 heterocycles.